The monoisotopic (exact) mass is 240 g/mol. The Morgan fingerprint density at radius 2 is 1.71 bits per heavy atom. The number of piperazine rings is 1. The molecule has 1 amide bonds. The van der Waals surface area contributed by atoms with Crippen LogP contribution >= 0.6 is 0 Å². The third kappa shape index (κ3) is 3.44. The van der Waals surface area contributed by atoms with Crippen LogP contribution in [0.15, 0.2) is 0 Å². The maximum absolute atomic E-state index is 12.3. The molecule has 0 aromatic carbocycles. The second-order valence-corrected chi connectivity index (χ2v) is 6.22. The zero-order valence-corrected chi connectivity index (χ0v) is 12.2. The lowest BCUT2D eigenvalue weighted by molar-refractivity contribution is -0.140. The predicted octanol–water partition coefficient (Wildman–Crippen LogP) is 2.12. The average Bonchev–Trinajstić information content (AvgIpc) is 2.26. The van der Waals surface area contributed by atoms with Crippen LogP contribution in [0.25, 0.3) is 0 Å². The minimum Gasteiger partial charge on any atom is -0.336 e. The van der Waals surface area contributed by atoms with Gasteiger partial charge in [0.2, 0.25) is 5.91 Å². The highest BCUT2D eigenvalue weighted by Crippen LogP contribution is 2.20. The molecule has 0 spiro atoms. The van der Waals surface area contributed by atoms with E-state index in [4.69, 9.17) is 0 Å². The van der Waals surface area contributed by atoms with Crippen molar-refractivity contribution in [3.63, 3.8) is 0 Å². The number of nitrogens with one attached hydrogen (secondary N) is 1. The van der Waals surface area contributed by atoms with Gasteiger partial charge in [0.05, 0.1) is 0 Å². The van der Waals surface area contributed by atoms with E-state index in [1.54, 1.807) is 0 Å². The molecular formula is C14H28N2O. The van der Waals surface area contributed by atoms with Gasteiger partial charge in [-0.2, -0.15) is 0 Å². The van der Waals surface area contributed by atoms with Crippen molar-refractivity contribution in [1.82, 2.24) is 10.2 Å². The van der Waals surface area contributed by atoms with E-state index in [1.165, 1.54) is 0 Å². The highest BCUT2D eigenvalue weighted by molar-refractivity contribution is 5.78. The van der Waals surface area contributed by atoms with Gasteiger partial charge in [-0.05, 0) is 11.8 Å². The summed E-state index contributed by atoms with van der Waals surface area (Å²) in [5.74, 6) is 1.49. The molecule has 100 valence electrons. The quantitative estimate of drug-likeness (QED) is 0.819. The second kappa shape index (κ2) is 5.85. The Labute approximate surface area is 106 Å². The smallest absolute Gasteiger partial charge is 0.225 e. The van der Waals surface area contributed by atoms with Crippen LogP contribution in [0.4, 0.5) is 0 Å². The van der Waals surface area contributed by atoms with E-state index in [-0.39, 0.29) is 5.92 Å². The van der Waals surface area contributed by atoms with Crippen LogP contribution in [-0.2, 0) is 4.79 Å². The molecule has 17 heavy (non-hydrogen) atoms. The number of hydrogen-bond donors (Lipinski definition) is 1. The second-order valence-electron chi connectivity index (χ2n) is 6.22. The summed E-state index contributed by atoms with van der Waals surface area (Å²) in [6.07, 6.45) is 0. The van der Waals surface area contributed by atoms with Crippen molar-refractivity contribution in [3.8, 4) is 0 Å². The van der Waals surface area contributed by atoms with Gasteiger partial charge in [-0.1, -0.05) is 41.5 Å². The highest BCUT2D eigenvalue weighted by Gasteiger charge is 2.34. The molecule has 0 radical (unpaired) electrons. The summed E-state index contributed by atoms with van der Waals surface area (Å²) in [6.45, 7) is 14.6. The maximum Gasteiger partial charge on any atom is 0.225 e. The molecule has 2 unspecified atom stereocenters. The normalized spacial score (nSPS) is 26.1. The Morgan fingerprint density at radius 3 is 2.12 bits per heavy atom. The van der Waals surface area contributed by atoms with Gasteiger partial charge in [0.1, 0.15) is 0 Å². The van der Waals surface area contributed by atoms with Gasteiger partial charge in [0.15, 0.2) is 0 Å². The van der Waals surface area contributed by atoms with Crippen molar-refractivity contribution in [2.45, 2.75) is 53.6 Å². The Balaban J connectivity index is 2.79. The van der Waals surface area contributed by atoms with Crippen LogP contribution in [0.1, 0.15) is 41.5 Å². The van der Waals surface area contributed by atoms with Gasteiger partial charge in [-0.25, -0.2) is 0 Å². The first-order valence-electron chi connectivity index (χ1n) is 6.88. The molecule has 0 aliphatic carbocycles. The lowest BCUT2D eigenvalue weighted by Crippen LogP contribution is -2.61. The third-order valence-corrected chi connectivity index (χ3v) is 3.73. The minimum atomic E-state index is 0.0992. The Kier molecular flexibility index (Phi) is 4.99. The first-order chi connectivity index (χ1) is 7.84. The van der Waals surface area contributed by atoms with Gasteiger partial charge in [0.25, 0.3) is 0 Å². The van der Waals surface area contributed by atoms with Gasteiger partial charge < -0.3 is 10.2 Å². The van der Waals surface area contributed by atoms with Crippen molar-refractivity contribution >= 4 is 5.91 Å². The van der Waals surface area contributed by atoms with E-state index >= 15 is 0 Å². The molecule has 1 aliphatic heterocycles. The zero-order chi connectivity index (χ0) is 13.2. The molecule has 3 heteroatoms. The molecule has 1 N–H and O–H groups in total. The van der Waals surface area contributed by atoms with Crippen molar-refractivity contribution in [2.24, 2.45) is 17.8 Å². The molecule has 1 aliphatic rings. The van der Waals surface area contributed by atoms with Crippen molar-refractivity contribution in [2.75, 3.05) is 13.1 Å². The summed E-state index contributed by atoms with van der Waals surface area (Å²) >= 11 is 0. The molecule has 0 saturated carbocycles. The summed E-state index contributed by atoms with van der Waals surface area (Å²) in [4.78, 5) is 14.4. The van der Waals surface area contributed by atoms with Crippen LogP contribution in [-0.4, -0.2) is 36.0 Å². The predicted molar refractivity (Wildman–Crippen MR) is 71.8 cm³/mol. The van der Waals surface area contributed by atoms with Crippen LogP contribution in [0.2, 0.25) is 0 Å². The third-order valence-electron chi connectivity index (χ3n) is 3.73. The van der Waals surface area contributed by atoms with Crippen LogP contribution in [0.5, 0.6) is 0 Å². The summed E-state index contributed by atoms with van der Waals surface area (Å²) < 4.78 is 0. The van der Waals surface area contributed by atoms with Crippen molar-refractivity contribution < 1.29 is 4.79 Å². The summed E-state index contributed by atoms with van der Waals surface area (Å²) in [6, 6.07) is 0.785. The summed E-state index contributed by atoms with van der Waals surface area (Å²) in [7, 11) is 0. The number of hydrogen-bond acceptors (Lipinski definition) is 2. The molecule has 1 saturated heterocycles. The molecule has 0 aromatic heterocycles. The molecule has 0 bridgehead atoms. The largest absolute Gasteiger partial charge is 0.336 e. The molecule has 0 aromatic rings. The maximum atomic E-state index is 12.3. The molecule has 1 rings (SSSR count). The number of amides is 1. The van der Waals surface area contributed by atoms with Gasteiger partial charge >= 0.3 is 0 Å². The molecule has 2 atom stereocenters. The topological polar surface area (TPSA) is 32.3 Å². The van der Waals surface area contributed by atoms with E-state index in [1.807, 2.05) is 13.8 Å². The van der Waals surface area contributed by atoms with E-state index in [0.717, 1.165) is 13.1 Å². The average molecular weight is 240 g/mol. The Morgan fingerprint density at radius 1 is 1.12 bits per heavy atom. The molecular weight excluding hydrogens is 212 g/mol. The minimum absolute atomic E-state index is 0.0992. The number of nitrogens with zero attached hydrogens (tertiary/aromatic N) is 1. The van der Waals surface area contributed by atoms with Crippen LogP contribution in [0.3, 0.4) is 0 Å². The Hall–Kier alpha value is -0.570. The van der Waals surface area contributed by atoms with Gasteiger partial charge in [-0.3, -0.25) is 4.79 Å². The first kappa shape index (κ1) is 14.5. The number of rotatable bonds is 3. The number of carbonyl (C=O) groups excluding carboxylic acids is 1. The lowest BCUT2D eigenvalue weighted by Gasteiger charge is -2.44. The van der Waals surface area contributed by atoms with Gasteiger partial charge in [-0.15, -0.1) is 0 Å². The fourth-order valence-corrected chi connectivity index (χ4v) is 2.42. The SMILES string of the molecule is CC(C)C(=O)N1CC(C(C)C)NCC1C(C)C. The van der Waals surface area contributed by atoms with E-state index in [2.05, 4.69) is 37.9 Å². The van der Waals surface area contributed by atoms with E-state index < -0.39 is 0 Å². The fraction of sp³-hybridized carbons (Fsp3) is 0.929. The lowest BCUT2D eigenvalue weighted by atomic mass is 9.93. The molecule has 1 fully saturated rings. The standard InChI is InChI=1S/C14H28N2O/c1-9(2)12-8-16(14(17)11(5)6)13(7-15-12)10(3)4/h9-13,15H,7-8H2,1-6H3. The highest BCUT2D eigenvalue weighted by atomic mass is 16.2. The fourth-order valence-electron chi connectivity index (χ4n) is 2.42. The molecule has 1 heterocycles. The zero-order valence-electron chi connectivity index (χ0n) is 12.2. The van der Waals surface area contributed by atoms with Crippen molar-refractivity contribution in [3.05, 3.63) is 0 Å². The molecule has 3 nitrogen and oxygen atoms in total. The van der Waals surface area contributed by atoms with Crippen molar-refractivity contribution in [1.29, 1.82) is 0 Å². The summed E-state index contributed by atoms with van der Waals surface area (Å²) in [5, 5.41) is 3.58. The first-order valence-corrected chi connectivity index (χ1v) is 6.88. The summed E-state index contributed by atoms with van der Waals surface area (Å²) in [5.41, 5.74) is 0. The Bertz CT molecular complexity index is 261. The number of carbonyl (C=O) groups is 1. The van der Waals surface area contributed by atoms with Gasteiger partial charge in [0, 0.05) is 31.1 Å². The van der Waals surface area contributed by atoms with E-state index in [9.17, 15) is 4.79 Å². The van der Waals surface area contributed by atoms with E-state index in [0.29, 0.717) is 29.8 Å². The van der Waals surface area contributed by atoms with Crippen LogP contribution in [0, 0.1) is 17.8 Å². The van der Waals surface area contributed by atoms with Crippen LogP contribution < -0.4 is 5.32 Å².